The van der Waals surface area contributed by atoms with Gasteiger partial charge in [-0.3, -0.25) is 0 Å². The molecule has 126 valence electrons. The van der Waals surface area contributed by atoms with Crippen LogP contribution in [-0.2, 0) is 6.54 Å². The predicted octanol–water partition coefficient (Wildman–Crippen LogP) is 4.01. The molecule has 2 N–H and O–H groups in total. The third-order valence-electron chi connectivity index (χ3n) is 6.01. The maximum atomic E-state index is 13.9. The largest absolute Gasteiger partial charge is 0.503 e. The molecular weight excluding hydrogens is 310 g/mol. The molecule has 0 heterocycles. The van der Waals surface area contributed by atoms with Crippen molar-refractivity contribution in [2.75, 3.05) is 0 Å². The molecule has 0 aromatic heterocycles. The zero-order valence-electron chi connectivity index (χ0n) is 12.6. The van der Waals surface area contributed by atoms with E-state index in [-0.39, 0.29) is 12.1 Å². The van der Waals surface area contributed by atoms with E-state index in [2.05, 4.69) is 5.32 Å². The summed E-state index contributed by atoms with van der Waals surface area (Å²) in [6.45, 7) is -0.266. The Morgan fingerprint density at radius 1 is 0.826 bits per heavy atom. The lowest BCUT2D eigenvalue weighted by atomic mass is 9.53. The minimum absolute atomic E-state index is 0.168. The average molecular weight is 329 g/mol. The molecule has 0 unspecified atom stereocenters. The van der Waals surface area contributed by atoms with Gasteiger partial charge >= 0.3 is 0 Å². The van der Waals surface area contributed by atoms with Crippen molar-refractivity contribution in [3.63, 3.8) is 0 Å². The number of nitrogens with one attached hydrogen (secondary N) is 1. The Kier molecular flexibility index (Phi) is 3.38. The first kappa shape index (κ1) is 15.2. The Hall–Kier alpha value is -1.30. The van der Waals surface area contributed by atoms with Crippen molar-refractivity contribution >= 4 is 0 Å². The van der Waals surface area contributed by atoms with Gasteiger partial charge in [-0.1, -0.05) is 0 Å². The topological polar surface area (TPSA) is 32.3 Å². The van der Waals surface area contributed by atoms with Gasteiger partial charge in [0.1, 0.15) is 0 Å². The van der Waals surface area contributed by atoms with Crippen molar-refractivity contribution < 1.29 is 22.7 Å². The van der Waals surface area contributed by atoms with Crippen LogP contribution >= 0.6 is 0 Å². The van der Waals surface area contributed by atoms with Gasteiger partial charge in [0.2, 0.25) is 11.6 Å². The molecule has 0 spiro atoms. The predicted molar refractivity (Wildman–Crippen MR) is 75.7 cm³/mol. The molecule has 4 saturated carbocycles. The summed E-state index contributed by atoms with van der Waals surface area (Å²) in [5.74, 6) is -6.14. The van der Waals surface area contributed by atoms with E-state index in [0.29, 0.717) is 17.8 Å². The Labute approximate surface area is 131 Å². The van der Waals surface area contributed by atoms with Gasteiger partial charge in [-0.25, -0.2) is 8.78 Å². The lowest BCUT2D eigenvalue weighted by Gasteiger charge is -2.57. The van der Waals surface area contributed by atoms with Gasteiger partial charge in [0.05, 0.1) is 0 Å². The molecule has 0 aliphatic heterocycles. The first-order valence-corrected chi connectivity index (χ1v) is 8.17. The van der Waals surface area contributed by atoms with E-state index in [1.54, 1.807) is 0 Å². The standard InChI is InChI=1S/C17H19F4NO/c18-12-11(13(19)15(21)16(23)14(12)20)7-22-17-4-8-1-9(5-17)3-10(2-8)6-17/h8-10,22-23H,1-7H2. The summed E-state index contributed by atoms with van der Waals surface area (Å²) < 4.78 is 54.7. The first-order chi connectivity index (χ1) is 10.9. The summed E-state index contributed by atoms with van der Waals surface area (Å²) in [5, 5.41) is 12.2. The van der Waals surface area contributed by atoms with Crippen LogP contribution in [0.25, 0.3) is 0 Å². The number of halogens is 4. The molecule has 1 aromatic rings. The second-order valence-electron chi connectivity index (χ2n) is 7.63. The fraction of sp³-hybridized carbons (Fsp3) is 0.647. The maximum absolute atomic E-state index is 13.9. The van der Waals surface area contributed by atoms with Crippen LogP contribution in [-0.4, -0.2) is 10.6 Å². The van der Waals surface area contributed by atoms with Crippen molar-refractivity contribution in [1.82, 2.24) is 5.32 Å². The molecule has 0 saturated heterocycles. The molecule has 4 aliphatic rings. The van der Waals surface area contributed by atoms with Crippen LogP contribution in [0.1, 0.15) is 44.1 Å². The van der Waals surface area contributed by atoms with Gasteiger partial charge in [-0.15, -0.1) is 0 Å². The summed E-state index contributed by atoms with van der Waals surface area (Å²) in [5.41, 5.74) is -0.841. The molecule has 23 heavy (non-hydrogen) atoms. The van der Waals surface area contributed by atoms with Crippen molar-refractivity contribution in [3.05, 3.63) is 28.8 Å². The highest BCUT2D eigenvalue weighted by Crippen LogP contribution is 2.55. The summed E-state index contributed by atoms with van der Waals surface area (Å²) in [6, 6.07) is 0. The number of phenolic OH excluding ortho intramolecular Hbond substituents is 1. The van der Waals surface area contributed by atoms with E-state index in [0.717, 1.165) is 19.3 Å². The maximum Gasteiger partial charge on any atom is 0.204 e. The molecular formula is C17H19F4NO. The third kappa shape index (κ3) is 2.33. The van der Waals surface area contributed by atoms with E-state index in [1.807, 2.05) is 0 Å². The highest BCUT2D eigenvalue weighted by Gasteiger charge is 2.50. The smallest absolute Gasteiger partial charge is 0.204 e. The van der Waals surface area contributed by atoms with Gasteiger partial charge in [0.25, 0.3) is 0 Å². The molecule has 4 aliphatic carbocycles. The Morgan fingerprint density at radius 2 is 1.26 bits per heavy atom. The van der Waals surface area contributed by atoms with E-state index in [1.165, 1.54) is 19.3 Å². The van der Waals surface area contributed by atoms with Gasteiger partial charge in [-0.05, 0) is 56.3 Å². The van der Waals surface area contributed by atoms with E-state index < -0.39 is 34.6 Å². The molecule has 0 amide bonds. The SMILES string of the molecule is Oc1c(F)c(F)c(CNC23CC4CC(CC(C4)C2)C3)c(F)c1F. The number of hydrogen-bond donors (Lipinski definition) is 2. The fourth-order valence-corrected chi connectivity index (χ4v) is 5.42. The van der Waals surface area contributed by atoms with Crippen molar-refractivity contribution in [3.8, 4) is 5.75 Å². The zero-order valence-corrected chi connectivity index (χ0v) is 12.6. The number of rotatable bonds is 3. The van der Waals surface area contributed by atoms with Crippen LogP contribution in [0.2, 0.25) is 0 Å². The van der Waals surface area contributed by atoms with Crippen LogP contribution in [0.15, 0.2) is 0 Å². The van der Waals surface area contributed by atoms with E-state index >= 15 is 0 Å². The summed E-state index contributed by atoms with van der Waals surface area (Å²) in [4.78, 5) is 0. The van der Waals surface area contributed by atoms with Crippen LogP contribution < -0.4 is 5.32 Å². The molecule has 4 bridgehead atoms. The van der Waals surface area contributed by atoms with Crippen LogP contribution in [0.3, 0.4) is 0 Å². The Bertz CT molecular complexity index is 596. The quantitative estimate of drug-likeness (QED) is 0.649. The van der Waals surface area contributed by atoms with Crippen LogP contribution in [0.5, 0.6) is 5.75 Å². The summed E-state index contributed by atoms with van der Waals surface area (Å²) >= 11 is 0. The second-order valence-corrected chi connectivity index (χ2v) is 7.63. The molecule has 6 heteroatoms. The first-order valence-electron chi connectivity index (χ1n) is 8.17. The van der Waals surface area contributed by atoms with Crippen molar-refractivity contribution in [1.29, 1.82) is 0 Å². The molecule has 4 fully saturated rings. The fourth-order valence-electron chi connectivity index (χ4n) is 5.42. The highest BCUT2D eigenvalue weighted by molar-refractivity contribution is 5.33. The number of phenols is 1. The monoisotopic (exact) mass is 329 g/mol. The highest BCUT2D eigenvalue weighted by atomic mass is 19.2. The molecule has 2 nitrogen and oxygen atoms in total. The van der Waals surface area contributed by atoms with Gasteiger partial charge < -0.3 is 10.4 Å². The average Bonchev–Trinajstić information content (AvgIpc) is 2.49. The molecule has 1 aromatic carbocycles. The van der Waals surface area contributed by atoms with Crippen LogP contribution in [0.4, 0.5) is 17.6 Å². The van der Waals surface area contributed by atoms with Gasteiger partial charge in [0.15, 0.2) is 17.4 Å². The van der Waals surface area contributed by atoms with E-state index in [9.17, 15) is 17.6 Å². The zero-order chi connectivity index (χ0) is 16.4. The van der Waals surface area contributed by atoms with Crippen molar-refractivity contribution in [2.45, 2.75) is 50.6 Å². The Morgan fingerprint density at radius 3 is 1.70 bits per heavy atom. The van der Waals surface area contributed by atoms with Crippen LogP contribution in [0, 0.1) is 41.0 Å². The lowest BCUT2D eigenvalue weighted by molar-refractivity contribution is -0.0208. The van der Waals surface area contributed by atoms with E-state index in [4.69, 9.17) is 5.11 Å². The molecule has 0 radical (unpaired) electrons. The summed E-state index contributed by atoms with van der Waals surface area (Å²) in [6.07, 6.45) is 6.58. The Balaban J connectivity index is 1.58. The number of benzene rings is 1. The number of hydrogen-bond acceptors (Lipinski definition) is 2. The normalized spacial score (nSPS) is 35.0. The van der Waals surface area contributed by atoms with Crippen molar-refractivity contribution in [2.24, 2.45) is 17.8 Å². The molecule has 5 rings (SSSR count). The minimum Gasteiger partial charge on any atom is -0.503 e. The second kappa shape index (κ2) is 5.10. The van der Waals surface area contributed by atoms with Gasteiger partial charge in [0, 0.05) is 17.6 Å². The molecule has 0 atom stereocenters. The minimum atomic E-state index is -1.73. The summed E-state index contributed by atoms with van der Waals surface area (Å²) in [7, 11) is 0. The number of aromatic hydroxyl groups is 1. The lowest BCUT2D eigenvalue weighted by Crippen LogP contribution is -2.58. The van der Waals surface area contributed by atoms with Gasteiger partial charge in [-0.2, -0.15) is 8.78 Å². The third-order valence-corrected chi connectivity index (χ3v) is 6.01.